The number of nitrogens with one attached hydrogen (secondary N) is 1. The van der Waals surface area contributed by atoms with Crippen LogP contribution in [0, 0.1) is 17.0 Å². The number of benzene rings is 2. The van der Waals surface area contributed by atoms with Gasteiger partial charge in [-0.15, -0.1) is 0 Å². The summed E-state index contributed by atoms with van der Waals surface area (Å²) in [5.41, 5.74) is 1.85. The average molecular weight is 552 g/mol. The molecule has 4 rings (SSSR count). The molecule has 1 N–H and O–H groups in total. The van der Waals surface area contributed by atoms with Gasteiger partial charge in [-0.25, -0.2) is 0 Å². The van der Waals surface area contributed by atoms with E-state index in [1.807, 2.05) is 32.0 Å². The van der Waals surface area contributed by atoms with Crippen LogP contribution in [-0.4, -0.2) is 40.6 Å². The van der Waals surface area contributed by atoms with E-state index in [4.69, 9.17) is 30.8 Å². The third-order valence-electron chi connectivity index (χ3n) is 5.91. The Morgan fingerprint density at radius 1 is 1.05 bits per heavy atom. The van der Waals surface area contributed by atoms with Gasteiger partial charge in [0.1, 0.15) is 29.6 Å². The molecule has 204 valence electrons. The number of nitro benzene ring substituents is 1. The Morgan fingerprint density at radius 3 is 2.54 bits per heavy atom. The number of nitro groups is 1. The molecule has 1 aromatic heterocycles. The number of ether oxygens (including phenoxy) is 3. The molecule has 1 fully saturated rings. The predicted molar refractivity (Wildman–Crippen MR) is 149 cm³/mol. The second-order valence-corrected chi connectivity index (χ2v) is 9.03. The first kappa shape index (κ1) is 27.6. The number of hydrogen-bond donors (Lipinski definition) is 1. The molecular formula is C28H29N3O7S. The highest BCUT2D eigenvalue weighted by molar-refractivity contribution is 7.80. The van der Waals surface area contributed by atoms with E-state index in [9.17, 15) is 14.9 Å². The van der Waals surface area contributed by atoms with E-state index in [0.29, 0.717) is 71.3 Å². The van der Waals surface area contributed by atoms with E-state index in [1.165, 1.54) is 11.0 Å². The quantitative estimate of drug-likeness (QED) is 0.141. The summed E-state index contributed by atoms with van der Waals surface area (Å²) in [5.74, 6) is 2.60. The van der Waals surface area contributed by atoms with Crippen molar-refractivity contribution in [3.05, 3.63) is 87.0 Å². The Bertz CT molecular complexity index is 1420. The number of aryl methyl sites for hydroxylation is 1. The molecule has 0 unspecified atom stereocenters. The van der Waals surface area contributed by atoms with Gasteiger partial charge in [0, 0.05) is 24.3 Å². The van der Waals surface area contributed by atoms with Gasteiger partial charge in [0.2, 0.25) is 0 Å². The van der Waals surface area contributed by atoms with Crippen LogP contribution in [-0.2, 0) is 17.8 Å². The zero-order valence-corrected chi connectivity index (χ0v) is 22.7. The van der Waals surface area contributed by atoms with Gasteiger partial charge in [-0.2, -0.15) is 0 Å². The van der Waals surface area contributed by atoms with Crippen molar-refractivity contribution in [1.82, 2.24) is 10.2 Å². The smallest absolute Gasteiger partial charge is 0.276 e. The van der Waals surface area contributed by atoms with Gasteiger partial charge in [-0.1, -0.05) is 6.07 Å². The fourth-order valence-corrected chi connectivity index (χ4v) is 4.32. The van der Waals surface area contributed by atoms with Crippen LogP contribution in [0.1, 0.15) is 36.5 Å². The van der Waals surface area contributed by atoms with Crippen molar-refractivity contribution in [2.75, 3.05) is 19.8 Å². The van der Waals surface area contributed by atoms with Gasteiger partial charge in [0.05, 0.1) is 18.1 Å². The molecule has 1 aliphatic rings. The van der Waals surface area contributed by atoms with Gasteiger partial charge in [-0.05, 0) is 81.4 Å². The molecule has 11 heteroatoms. The zero-order valence-electron chi connectivity index (χ0n) is 21.9. The SMILES string of the molecule is CCOc1ccc(CCN2C(=O)/C(=C\c3ccc(COc4ccc([N+](=O)[O-])c(C)c4)o3)NC2=S)cc1OCC. The molecule has 1 amide bonds. The lowest BCUT2D eigenvalue weighted by molar-refractivity contribution is -0.385. The van der Waals surface area contributed by atoms with E-state index in [2.05, 4.69) is 5.32 Å². The van der Waals surface area contributed by atoms with Gasteiger partial charge in [0.15, 0.2) is 16.6 Å². The second kappa shape index (κ2) is 12.4. The van der Waals surface area contributed by atoms with Crippen molar-refractivity contribution >= 4 is 35.0 Å². The van der Waals surface area contributed by atoms with E-state index in [1.54, 1.807) is 37.3 Å². The number of thiocarbonyl (C=S) groups is 1. The van der Waals surface area contributed by atoms with E-state index >= 15 is 0 Å². The number of carbonyl (C=O) groups is 1. The van der Waals surface area contributed by atoms with E-state index in [0.717, 1.165) is 5.56 Å². The van der Waals surface area contributed by atoms with E-state index in [-0.39, 0.29) is 18.2 Å². The van der Waals surface area contributed by atoms with Crippen molar-refractivity contribution in [2.24, 2.45) is 0 Å². The molecule has 1 saturated heterocycles. The lowest BCUT2D eigenvalue weighted by Gasteiger charge is -2.15. The number of nitrogens with zero attached hydrogens (tertiary/aromatic N) is 2. The molecule has 10 nitrogen and oxygen atoms in total. The second-order valence-electron chi connectivity index (χ2n) is 8.64. The fraction of sp³-hybridized carbons (Fsp3) is 0.286. The third-order valence-corrected chi connectivity index (χ3v) is 6.23. The minimum Gasteiger partial charge on any atom is -0.490 e. The largest absolute Gasteiger partial charge is 0.490 e. The highest BCUT2D eigenvalue weighted by atomic mass is 32.1. The molecule has 2 heterocycles. The minimum absolute atomic E-state index is 0.0321. The van der Waals surface area contributed by atoms with Gasteiger partial charge < -0.3 is 23.9 Å². The topological polar surface area (TPSA) is 116 Å². The molecule has 0 spiro atoms. The summed E-state index contributed by atoms with van der Waals surface area (Å²) < 4.78 is 22.8. The molecule has 2 aromatic carbocycles. The molecule has 0 radical (unpaired) electrons. The Hall–Kier alpha value is -4.38. The van der Waals surface area contributed by atoms with Crippen LogP contribution in [0.3, 0.4) is 0 Å². The van der Waals surface area contributed by atoms with Crippen molar-refractivity contribution in [3.63, 3.8) is 0 Å². The molecule has 1 aliphatic heterocycles. The highest BCUT2D eigenvalue weighted by Gasteiger charge is 2.30. The third kappa shape index (κ3) is 6.74. The first-order valence-corrected chi connectivity index (χ1v) is 12.9. The van der Waals surface area contributed by atoms with Crippen LogP contribution < -0.4 is 19.5 Å². The van der Waals surface area contributed by atoms with Gasteiger partial charge in [-0.3, -0.25) is 19.8 Å². The van der Waals surface area contributed by atoms with Crippen LogP contribution in [0.2, 0.25) is 0 Å². The standard InChI is InChI=1S/C28H29N3O7S/c1-4-35-25-11-6-19(15-26(25)36-5-2)12-13-30-27(32)23(29-28(30)39)16-21-7-8-22(38-21)17-37-20-9-10-24(31(33)34)18(3)14-20/h6-11,14-16H,4-5,12-13,17H2,1-3H3,(H,29,39)/b23-16+. The van der Waals surface area contributed by atoms with Crippen LogP contribution in [0.15, 0.2) is 58.6 Å². The van der Waals surface area contributed by atoms with Crippen molar-refractivity contribution in [1.29, 1.82) is 0 Å². The number of amides is 1. The lowest BCUT2D eigenvalue weighted by atomic mass is 10.1. The molecule has 0 aliphatic carbocycles. The first-order chi connectivity index (χ1) is 18.8. The minimum atomic E-state index is -0.436. The lowest BCUT2D eigenvalue weighted by Crippen LogP contribution is -2.32. The molecule has 39 heavy (non-hydrogen) atoms. The summed E-state index contributed by atoms with van der Waals surface area (Å²) in [4.78, 5) is 25.1. The molecule has 3 aromatic rings. The van der Waals surface area contributed by atoms with Crippen molar-refractivity contribution in [3.8, 4) is 17.2 Å². The van der Waals surface area contributed by atoms with Crippen LogP contribution in [0.5, 0.6) is 17.2 Å². The maximum atomic E-state index is 13.0. The fourth-order valence-electron chi connectivity index (χ4n) is 4.04. The normalized spacial score (nSPS) is 14.0. The average Bonchev–Trinajstić information content (AvgIpc) is 3.46. The summed E-state index contributed by atoms with van der Waals surface area (Å²) >= 11 is 5.40. The summed E-state index contributed by atoms with van der Waals surface area (Å²) in [6.45, 7) is 7.07. The highest BCUT2D eigenvalue weighted by Crippen LogP contribution is 2.29. The summed E-state index contributed by atoms with van der Waals surface area (Å²) in [7, 11) is 0. The van der Waals surface area contributed by atoms with Crippen LogP contribution in [0.4, 0.5) is 5.69 Å². The number of furan rings is 1. The van der Waals surface area contributed by atoms with Crippen LogP contribution >= 0.6 is 12.2 Å². The molecular weight excluding hydrogens is 522 g/mol. The summed E-state index contributed by atoms with van der Waals surface area (Å²) in [6.07, 6.45) is 2.18. The Kier molecular flexibility index (Phi) is 8.82. The number of hydrogen-bond acceptors (Lipinski definition) is 8. The van der Waals surface area contributed by atoms with Crippen molar-refractivity contribution in [2.45, 2.75) is 33.8 Å². The molecule has 0 atom stereocenters. The maximum absolute atomic E-state index is 13.0. The monoisotopic (exact) mass is 551 g/mol. The van der Waals surface area contributed by atoms with E-state index < -0.39 is 4.92 Å². The van der Waals surface area contributed by atoms with Gasteiger partial charge in [0.25, 0.3) is 11.6 Å². The number of rotatable bonds is 12. The van der Waals surface area contributed by atoms with Crippen molar-refractivity contribution < 1.29 is 28.3 Å². The maximum Gasteiger partial charge on any atom is 0.276 e. The zero-order chi connectivity index (χ0) is 27.9. The first-order valence-electron chi connectivity index (χ1n) is 12.5. The summed E-state index contributed by atoms with van der Waals surface area (Å²) in [6, 6.07) is 13.8. The Balaban J connectivity index is 1.36. The predicted octanol–water partition coefficient (Wildman–Crippen LogP) is 5.17. The molecule has 0 bridgehead atoms. The Morgan fingerprint density at radius 2 is 1.82 bits per heavy atom. The summed E-state index contributed by atoms with van der Waals surface area (Å²) in [5, 5.41) is 14.3. The Labute approximate surface area is 231 Å². The van der Waals surface area contributed by atoms with Crippen LogP contribution in [0.25, 0.3) is 6.08 Å². The molecule has 0 saturated carbocycles. The number of carbonyl (C=O) groups excluding carboxylic acids is 1. The van der Waals surface area contributed by atoms with Gasteiger partial charge >= 0.3 is 0 Å².